The molecule has 1 heterocycles. The molecule has 0 saturated heterocycles. The van der Waals surface area contributed by atoms with Gasteiger partial charge in [0.05, 0.1) is 5.38 Å². The lowest BCUT2D eigenvalue weighted by Crippen LogP contribution is -2.19. The van der Waals surface area contributed by atoms with E-state index in [9.17, 15) is 4.79 Å². The summed E-state index contributed by atoms with van der Waals surface area (Å²) in [5, 5.41) is 2.97. The van der Waals surface area contributed by atoms with Gasteiger partial charge in [0.15, 0.2) is 0 Å². The van der Waals surface area contributed by atoms with E-state index in [1.54, 1.807) is 0 Å². The number of alkyl halides is 1. The highest BCUT2D eigenvalue weighted by atomic mass is 35.5. The number of carbonyl (C=O) groups is 1. The zero-order chi connectivity index (χ0) is 13.1. The summed E-state index contributed by atoms with van der Waals surface area (Å²) in [5.41, 5.74) is 3.34. The Labute approximate surface area is 114 Å². The largest absolute Gasteiger partial charge is 0.326 e. The maximum atomic E-state index is 11.3. The molecule has 0 aromatic heterocycles. The van der Waals surface area contributed by atoms with Gasteiger partial charge in [-0.25, -0.2) is 0 Å². The smallest absolute Gasteiger partial charge is 0.224 e. The van der Waals surface area contributed by atoms with Gasteiger partial charge in [-0.1, -0.05) is 38.8 Å². The third-order valence-electron chi connectivity index (χ3n) is 3.81. The van der Waals surface area contributed by atoms with Crippen LogP contribution in [0, 0.1) is 5.92 Å². The predicted octanol–water partition coefficient (Wildman–Crippen LogP) is 4.29. The average molecular weight is 266 g/mol. The molecule has 0 spiro atoms. The molecule has 1 atom stereocenters. The van der Waals surface area contributed by atoms with E-state index < -0.39 is 0 Å². The molecule has 0 fully saturated rings. The molecule has 0 saturated carbocycles. The van der Waals surface area contributed by atoms with Crippen molar-refractivity contribution >= 4 is 23.2 Å². The zero-order valence-corrected chi connectivity index (χ0v) is 11.8. The quantitative estimate of drug-likeness (QED) is 0.809. The van der Waals surface area contributed by atoms with Crippen LogP contribution in [0.25, 0.3) is 0 Å². The highest BCUT2D eigenvalue weighted by Gasteiger charge is 2.20. The van der Waals surface area contributed by atoms with Crippen LogP contribution in [0.15, 0.2) is 18.2 Å². The minimum absolute atomic E-state index is 0.0722. The summed E-state index contributed by atoms with van der Waals surface area (Å²) in [4.78, 5) is 11.3. The summed E-state index contributed by atoms with van der Waals surface area (Å²) in [6, 6.07) is 6.19. The molecule has 1 aliphatic rings. The second kappa shape index (κ2) is 5.75. The van der Waals surface area contributed by atoms with Crippen LogP contribution in [0.3, 0.4) is 0 Å². The summed E-state index contributed by atoms with van der Waals surface area (Å²) in [7, 11) is 0. The molecule has 98 valence electrons. The Morgan fingerprint density at radius 2 is 2.00 bits per heavy atom. The first-order valence-electron chi connectivity index (χ1n) is 6.72. The summed E-state index contributed by atoms with van der Waals surface area (Å²) >= 11 is 6.56. The van der Waals surface area contributed by atoms with Crippen LogP contribution in [-0.4, -0.2) is 5.91 Å². The maximum absolute atomic E-state index is 11.3. The van der Waals surface area contributed by atoms with E-state index in [2.05, 4.69) is 25.2 Å². The SMILES string of the molecule is CCC(CC)C(Cl)c1ccc2c(c1)CCC(=O)N2. The first-order valence-corrected chi connectivity index (χ1v) is 7.16. The lowest BCUT2D eigenvalue weighted by Gasteiger charge is -2.23. The van der Waals surface area contributed by atoms with Crippen molar-refractivity contribution in [1.82, 2.24) is 0 Å². The van der Waals surface area contributed by atoms with Crippen molar-refractivity contribution in [2.45, 2.75) is 44.9 Å². The van der Waals surface area contributed by atoms with E-state index in [0.717, 1.165) is 24.9 Å². The first-order chi connectivity index (χ1) is 8.65. The first kappa shape index (κ1) is 13.4. The number of rotatable bonds is 4. The molecule has 1 unspecified atom stereocenters. The van der Waals surface area contributed by atoms with Gasteiger partial charge in [0.2, 0.25) is 5.91 Å². The molecule has 3 heteroatoms. The molecule has 18 heavy (non-hydrogen) atoms. The number of anilines is 1. The molecule has 0 bridgehead atoms. The van der Waals surface area contributed by atoms with Crippen molar-refractivity contribution in [3.05, 3.63) is 29.3 Å². The molecule has 2 nitrogen and oxygen atoms in total. The molecule has 0 aliphatic carbocycles. The van der Waals surface area contributed by atoms with Crippen LogP contribution in [0.2, 0.25) is 0 Å². The second-order valence-corrected chi connectivity index (χ2v) is 5.41. The second-order valence-electron chi connectivity index (χ2n) is 4.94. The van der Waals surface area contributed by atoms with Crippen molar-refractivity contribution in [2.24, 2.45) is 5.92 Å². The minimum Gasteiger partial charge on any atom is -0.326 e. The highest BCUT2D eigenvalue weighted by Crippen LogP contribution is 2.35. The molecule has 1 amide bonds. The van der Waals surface area contributed by atoms with E-state index in [1.165, 1.54) is 11.1 Å². The van der Waals surface area contributed by atoms with Crippen molar-refractivity contribution in [3.63, 3.8) is 0 Å². The topological polar surface area (TPSA) is 29.1 Å². The van der Waals surface area contributed by atoms with Gasteiger partial charge in [0.1, 0.15) is 0 Å². The van der Waals surface area contributed by atoms with Gasteiger partial charge in [-0.05, 0) is 29.5 Å². The number of fused-ring (bicyclic) bond motifs is 1. The summed E-state index contributed by atoms with van der Waals surface area (Å²) in [5.74, 6) is 0.626. The van der Waals surface area contributed by atoms with E-state index >= 15 is 0 Å². The Hall–Kier alpha value is -1.02. The number of benzene rings is 1. The third kappa shape index (κ3) is 2.69. The van der Waals surface area contributed by atoms with Crippen LogP contribution >= 0.6 is 11.6 Å². The van der Waals surface area contributed by atoms with E-state index in [4.69, 9.17) is 11.6 Å². The Morgan fingerprint density at radius 3 is 2.67 bits per heavy atom. The Balaban J connectivity index is 2.23. The van der Waals surface area contributed by atoms with Crippen LogP contribution in [-0.2, 0) is 11.2 Å². The lowest BCUT2D eigenvalue weighted by molar-refractivity contribution is -0.116. The fraction of sp³-hybridized carbons (Fsp3) is 0.533. The van der Waals surface area contributed by atoms with Crippen molar-refractivity contribution < 1.29 is 4.79 Å². The Kier molecular flexibility index (Phi) is 4.28. The fourth-order valence-electron chi connectivity index (χ4n) is 2.55. The van der Waals surface area contributed by atoms with Crippen LogP contribution in [0.4, 0.5) is 5.69 Å². The third-order valence-corrected chi connectivity index (χ3v) is 4.41. The molecular formula is C15H20ClNO. The monoisotopic (exact) mass is 265 g/mol. The number of nitrogens with one attached hydrogen (secondary N) is 1. The van der Waals surface area contributed by atoms with Gasteiger partial charge in [0, 0.05) is 12.1 Å². The van der Waals surface area contributed by atoms with E-state index in [0.29, 0.717) is 12.3 Å². The summed E-state index contributed by atoms with van der Waals surface area (Å²) < 4.78 is 0. The summed E-state index contributed by atoms with van der Waals surface area (Å²) in [6.07, 6.45) is 3.59. The molecule has 1 aromatic carbocycles. The molecule has 0 radical (unpaired) electrons. The maximum Gasteiger partial charge on any atom is 0.224 e. The van der Waals surface area contributed by atoms with Crippen LogP contribution in [0.1, 0.15) is 49.6 Å². The standard InChI is InChI=1S/C15H20ClNO/c1-3-10(4-2)15(16)12-5-7-13-11(9-12)6-8-14(18)17-13/h5,7,9-10,15H,3-4,6,8H2,1-2H3,(H,17,18). The van der Waals surface area contributed by atoms with Crippen molar-refractivity contribution in [3.8, 4) is 0 Å². The van der Waals surface area contributed by atoms with Crippen molar-refractivity contribution in [1.29, 1.82) is 0 Å². The predicted molar refractivity (Wildman–Crippen MR) is 76.1 cm³/mol. The molecule has 1 N–H and O–H groups in total. The van der Waals surface area contributed by atoms with Gasteiger partial charge >= 0.3 is 0 Å². The summed E-state index contributed by atoms with van der Waals surface area (Å²) in [6.45, 7) is 4.37. The zero-order valence-electron chi connectivity index (χ0n) is 11.0. The van der Waals surface area contributed by atoms with E-state index in [-0.39, 0.29) is 11.3 Å². The number of amides is 1. The Bertz CT molecular complexity index is 440. The van der Waals surface area contributed by atoms with Gasteiger partial charge < -0.3 is 5.32 Å². The van der Waals surface area contributed by atoms with Crippen molar-refractivity contribution in [2.75, 3.05) is 5.32 Å². The minimum atomic E-state index is 0.0722. The lowest BCUT2D eigenvalue weighted by atomic mass is 9.91. The number of carbonyl (C=O) groups excluding carboxylic acids is 1. The number of halogens is 1. The number of hydrogen-bond acceptors (Lipinski definition) is 1. The number of aryl methyl sites for hydroxylation is 1. The Morgan fingerprint density at radius 1 is 1.28 bits per heavy atom. The van der Waals surface area contributed by atoms with Gasteiger partial charge in [-0.2, -0.15) is 0 Å². The molecule has 2 rings (SSSR count). The van der Waals surface area contributed by atoms with Gasteiger partial charge in [-0.3, -0.25) is 4.79 Å². The normalized spacial score (nSPS) is 16.3. The van der Waals surface area contributed by atoms with Crippen LogP contribution < -0.4 is 5.32 Å². The fourth-order valence-corrected chi connectivity index (χ4v) is 3.04. The molecule has 1 aromatic rings. The number of hydrogen-bond donors (Lipinski definition) is 1. The van der Waals surface area contributed by atoms with Gasteiger partial charge in [-0.15, -0.1) is 11.6 Å². The van der Waals surface area contributed by atoms with E-state index in [1.807, 2.05) is 12.1 Å². The average Bonchev–Trinajstić information content (AvgIpc) is 2.39. The van der Waals surface area contributed by atoms with Crippen LogP contribution in [0.5, 0.6) is 0 Å². The molecule has 1 aliphatic heterocycles. The molecular weight excluding hydrogens is 246 g/mol. The highest BCUT2D eigenvalue weighted by molar-refractivity contribution is 6.21. The van der Waals surface area contributed by atoms with Gasteiger partial charge in [0.25, 0.3) is 0 Å².